The van der Waals surface area contributed by atoms with E-state index >= 15 is 0 Å². The summed E-state index contributed by atoms with van der Waals surface area (Å²) in [5.74, 6) is 0. The van der Waals surface area contributed by atoms with Gasteiger partial charge in [-0.2, -0.15) is 0 Å². The zero-order valence-electron chi connectivity index (χ0n) is 38.2. The third-order valence-electron chi connectivity index (χ3n) is 14.7. The topological polar surface area (TPSA) is 23.0 Å². The fourth-order valence-electron chi connectivity index (χ4n) is 11.5. The van der Waals surface area contributed by atoms with E-state index in [0.717, 1.165) is 50.0 Å². The van der Waals surface area contributed by atoms with Gasteiger partial charge in [0.1, 0.15) is 11.2 Å². The zero-order chi connectivity index (χ0) is 46.2. The van der Waals surface area contributed by atoms with Gasteiger partial charge in [0.05, 0.1) is 22.1 Å². The van der Waals surface area contributed by atoms with E-state index in [1.165, 1.54) is 70.0 Å². The molecule has 0 fully saturated rings. The highest BCUT2D eigenvalue weighted by Crippen LogP contribution is 2.40. The van der Waals surface area contributed by atoms with Gasteiger partial charge in [0, 0.05) is 43.7 Å². The summed E-state index contributed by atoms with van der Waals surface area (Å²) in [7, 11) is -2.77. The molecule has 0 saturated heterocycles. The maximum Gasteiger partial charge on any atom is 0.179 e. The number of benzene rings is 11. The van der Waals surface area contributed by atoms with Crippen LogP contribution in [0.1, 0.15) is 0 Å². The van der Waals surface area contributed by atoms with E-state index in [2.05, 4.69) is 264 Å². The summed E-state index contributed by atoms with van der Waals surface area (Å²) in [6, 6.07) is 98.4. The molecule has 3 nitrogen and oxygen atoms in total. The van der Waals surface area contributed by atoms with Crippen LogP contribution in [0.4, 0.5) is 0 Å². The fourth-order valence-corrected chi connectivity index (χ4v) is 16.3. The Morgan fingerprint density at radius 1 is 0.243 bits per heavy atom. The van der Waals surface area contributed by atoms with Crippen LogP contribution in [0.5, 0.6) is 0 Å². The van der Waals surface area contributed by atoms with Crippen LogP contribution in [-0.4, -0.2) is 17.2 Å². The van der Waals surface area contributed by atoms with E-state index in [9.17, 15) is 0 Å². The van der Waals surface area contributed by atoms with Crippen molar-refractivity contribution in [2.45, 2.75) is 0 Å². The van der Waals surface area contributed by atoms with Crippen molar-refractivity contribution in [3.8, 4) is 33.6 Å². The Morgan fingerprint density at radius 3 is 1.33 bits per heavy atom. The largest absolute Gasteiger partial charge is 0.456 e. The first kappa shape index (κ1) is 40.1. The minimum atomic E-state index is -2.77. The Labute approximate surface area is 406 Å². The maximum absolute atomic E-state index is 6.37. The molecule has 3 aromatic heterocycles. The summed E-state index contributed by atoms with van der Waals surface area (Å²) in [5.41, 5.74) is 13.4. The molecule has 4 heteroatoms. The van der Waals surface area contributed by atoms with Crippen LogP contribution in [0.25, 0.3) is 99.2 Å². The molecule has 328 valence electrons. The summed E-state index contributed by atoms with van der Waals surface area (Å²) in [6.45, 7) is 0. The first-order chi connectivity index (χ1) is 34.7. The smallest absolute Gasteiger partial charge is 0.179 e. The van der Waals surface area contributed by atoms with Crippen molar-refractivity contribution in [2.75, 3.05) is 0 Å². The Bertz CT molecular complexity index is 4190. The first-order valence-electron chi connectivity index (χ1n) is 24.1. The zero-order valence-corrected chi connectivity index (χ0v) is 39.2. The van der Waals surface area contributed by atoms with Crippen molar-refractivity contribution < 1.29 is 4.42 Å². The van der Waals surface area contributed by atoms with Crippen LogP contribution in [0.15, 0.2) is 271 Å². The molecule has 14 aromatic rings. The Hall–Kier alpha value is -8.96. The van der Waals surface area contributed by atoms with Gasteiger partial charge < -0.3 is 13.6 Å². The van der Waals surface area contributed by atoms with Gasteiger partial charge in [0.2, 0.25) is 0 Å². The quantitative estimate of drug-likeness (QED) is 0.110. The predicted octanol–water partition coefficient (Wildman–Crippen LogP) is 14.5. The lowest BCUT2D eigenvalue weighted by molar-refractivity contribution is 0.669. The molecule has 0 spiro atoms. The lowest BCUT2D eigenvalue weighted by Gasteiger charge is -2.34. The second-order valence-corrected chi connectivity index (χ2v) is 22.2. The monoisotopic (exact) mass is 908 g/mol. The molecule has 0 bridgehead atoms. The Kier molecular flexibility index (Phi) is 9.23. The highest BCUT2D eigenvalue weighted by Gasteiger charge is 2.41. The fraction of sp³-hybridized carbons (Fsp3) is 0. The number of fused-ring (bicyclic) bond motifs is 9. The lowest BCUT2D eigenvalue weighted by atomic mass is 9.99. The molecule has 0 aliphatic rings. The normalized spacial score (nSPS) is 12.0. The summed E-state index contributed by atoms with van der Waals surface area (Å²) in [4.78, 5) is 0. The van der Waals surface area contributed by atoms with E-state index in [1.807, 2.05) is 12.1 Å². The van der Waals surface area contributed by atoms with Crippen molar-refractivity contribution in [3.05, 3.63) is 267 Å². The van der Waals surface area contributed by atoms with Gasteiger partial charge in [-0.15, -0.1) is 0 Å². The molecule has 0 atom stereocenters. The number of rotatable bonds is 8. The summed E-state index contributed by atoms with van der Waals surface area (Å²) in [5, 5.41) is 12.5. The molecule has 0 radical (unpaired) electrons. The van der Waals surface area contributed by atoms with Crippen LogP contribution < -0.4 is 20.7 Å². The standard InChI is InChI=1S/C66H44N2OSi/c1-5-18-45(19-6-1)46-33-37-62-58(40-46)59-41-47(48-32-36-57-56-29-14-16-31-65(56)69-66(57)42-48)34-38-63(59)68(62)50-35-39-64-60(44-50)55-28-13-15-30-61(55)67(64)49-20-17-27-54(43-49)70(51-21-7-2-8-22-51,52-23-9-3-10-24-52)53-25-11-4-12-26-53/h1-44H. The third-order valence-corrected chi connectivity index (χ3v) is 19.4. The SMILES string of the molecule is c1ccc(-c2ccc3c(c2)c2cc(-c4ccc5c(c4)oc4ccccc45)ccc2n3-c2ccc3c(c2)c2ccccc2n3-c2cccc([Si](c3ccccc3)(c3ccccc3)c3ccccc3)c2)cc1. The molecule has 0 saturated carbocycles. The molecule has 0 unspecified atom stereocenters. The maximum atomic E-state index is 6.37. The Balaban J connectivity index is 0.961. The number of para-hydroxylation sites is 2. The van der Waals surface area contributed by atoms with Gasteiger partial charge in [-0.3, -0.25) is 0 Å². The summed E-state index contributed by atoms with van der Waals surface area (Å²) >= 11 is 0. The van der Waals surface area contributed by atoms with Crippen LogP contribution in [0, 0.1) is 0 Å². The minimum Gasteiger partial charge on any atom is -0.456 e. The molecular weight excluding hydrogens is 865 g/mol. The van der Waals surface area contributed by atoms with Crippen molar-refractivity contribution in [2.24, 2.45) is 0 Å². The number of aromatic nitrogens is 2. The van der Waals surface area contributed by atoms with E-state index in [1.54, 1.807) is 0 Å². The highest BCUT2D eigenvalue weighted by atomic mass is 28.3. The Morgan fingerprint density at radius 2 is 0.686 bits per heavy atom. The average Bonchev–Trinajstić information content (AvgIpc) is 4.09. The van der Waals surface area contributed by atoms with E-state index in [4.69, 9.17) is 4.42 Å². The summed E-state index contributed by atoms with van der Waals surface area (Å²) in [6.07, 6.45) is 0. The van der Waals surface area contributed by atoms with Crippen LogP contribution in [0.2, 0.25) is 0 Å². The van der Waals surface area contributed by atoms with Gasteiger partial charge in [-0.05, 0) is 122 Å². The molecule has 0 aliphatic heterocycles. The average molecular weight is 909 g/mol. The molecule has 70 heavy (non-hydrogen) atoms. The summed E-state index contributed by atoms with van der Waals surface area (Å²) < 4.78 is 11.3. The molecule has 11 aromatic carbocycles. The number of hydrogen-bond acceptors (Lipinski definition) is 1. The van der Waals surface area contributed by atoms with E-state index < -0.39 is 8.07 Å². The van der Waals surface area contributed by atoms with Gasteiger partial charge in [-0.1, -0.05) is 188 Å². The second-order valence-electron chi connectivity index (χ2n) is 18.4. The number of furan rings is 1. The van der Waals surface area contributed by atoms with Crippen LogP contribution in [-0.2, 0) is 0 Å². The molecule has 0 N–H and O–H groups in total. The van der Waals surface area contributed by atoms with Gasteiger partial charge in [0.25, 0.3) is 0 Å². The van der Waals surface area contributed by atoms with Crippen LogP contribution >= 0.6 is 0 Å². The molecule has 3 heterocycles. The van der Waals surface area contributed by atoms with E-state index in [-0.39, 0.29) is 0 Å². The predicted molar refractivity (Wildman–Crippen MR) is 297 cm³/mol. The number of hydrogen-bond donors (Lipinski definition) is 0. The van der Waals surface area contributed by atoms with Crippen molar-refractivity contribution >= 4 is 94.4 Å². The third kappa shape index (κ3) is 6.20. The highest BCUT2D eigenvalue weighted by molar-refractivity contribution is 7.19. The van der Waals surface area contributed by atoms with Crippen molar-refractivity contribution in [1.29, 1.82) is 0 Å². The second kappa shape index (κ2) is 16.1. The van der Waals surface area contributed by atoms with Gasteiger partial charge in [-0.25, -0.2) is 0 Å². The first-order valence-corrected chi connectivity index (χ1v) is 26.1. The molecule has 0 aliphatic carbocycles. The van der Waals surface area contributed by atoms with Gasteiger partial charge >= 0.3 is 0 Å². The molecule has 0 amide bonds. The number of nitrogens with zero attached hydrogens (tertiary/aromatic N) is 2. The lowest BCUT2D eigenvalue weighted by Crippen LogP contribution is -2.74. The van der Waals surface area contributed by atoms with Crippen molar-refractivity contribution in [1.82, 2.24) is 9.13 Å². The van der Waals surface area contributed by atoms with Crippen LogP contribution in [0.3, 0.4) is 0 Å². The molecule has 14 rings (SSSR count). The van der Waals surface area contributed by atoms with Crippen molar-refractivity contribution in [3.63, 3.8) is 0 Å². The minimum absolute atomic E-state index is 0.900. The van der Waals surface area contributed by atoms with Gasteiger partial charge in [0.15, 0.2) is 8.07 Å². The molecular formula is C66H44N2OSi. The van der Waals surface area contributed by atoms with E-state index in [0.29, 0.717) is 0 Å².